The number of allylic oxidation sites excluding steroid dienone is 1. The van der Waals surface area contributed by atoms with Gasteiger partial charge in [-0.3, -0.25) is 29.4 Å². The summed E-state index contributed by atoms with van der Waals surface area (Å²) in [5.41, 5.74) is 3.34. The van der Waals surface area contributed by atoms with Crippen LogP contribution in [0.3, 0.4) is 0 Å². The number of carbonyl (C=O) groups excluding carboxylic acids is 4. The average molecular weight is 1140 g/mol. The third-order valence-corrected chi connectivity index (χ3v) is 16.5. The molecule has 4 amide bonds. The van der Waals surface area contributed by atoms with E-state index < -0.39 is 73.6 Å². The fourth-order valence-electron chi connectivity index (χ4n) is 9.37. The normalized spacial score (nSPS) is 17.2. The number of sulfone groups is 1. The number of hydrogen-bond donors (Lipinski definition) is 4. The number of nitrogens with zero attached hydrogens (tertiary/aromatic N) is 4. The van der Waals surface area contributed by atoms with Gasteiger partial charge >= 0.3 is 6.09 Å². The molecule has 1 fully saturated rings. The third kappa shape index (κ3) is 15.8. The van der Waals surface area contributed by atoms with E-state index in [1.807, 2.05) is 39.0 Å². The van der Waals surface area contributed by atoms with Crippen LogP contribution in [0.5, 0.6) is 5.75 Å². The molecule has 0 bridgehead atoms. The largest absolute Gasteiger partial charge is 0.490 e. The van der Waals surface area contributed by atoms with Gasteiger partial charge in [0.1, 0.15) is 46.8 Å². The van der Waals surface area contributed by atoms with E-state index in [0.29, 0.717) is 33.3 Å². The van der Waals surface area contributed by atoms with Crippen LogP contribution in [-0.4, -0.2) is 158 Å². The molecule has 1 saturated heterocycles. The smallest absolute Gasteiger partial charge is 0.410 e. The van der Waals surface area contributed by atoms with Gasteiger partial charge in [0.15, 0.2) is 15.7 Å². The first-order valence-electron chi connectivity index (χ1n) is 27.4. The Morgan fingerprint density at radius 2 is 1.54 bits per heavy atom. The zero-order valence-electron chi connectivity index (χ0n) is 48.4. The number of rotatable bonds is 23. The number of likely N-dealkylation sites (N-methyl/N-ethyl adjacent to an activating group) is 1. The molecule has 1 aliphatic heterocycles. The summed E-state index contributed by atoms with van der Waals surface area (Å²) in [7, 11) is -2.46. The van der Waals surface area contributed by atoms with Gasteiger partial charge in [0.25, 0.3) is 0 Å². The molecule has 81 heavy (non-hydrogen) atoms. The summed E-state index contributed by atoms with van der Waals surface area (Å²) in [6.07, 6.45) is 5.00. The van der Waals surface area contributed by atoms with Crippen molar-refractivity contribution in [3.63, 3.8) is 0 Å². The average Bonchev–Trinajstić information content (AvgIpc) is 4.19. The Labute approximate surface area is 474 Å². The minimum Gasteiger partial charge on any atom is -0.490 e. The maximum absolute atomic E-state index is 14.7. The Balaban J connectivity index is 0.881. The van der Waals surface area contributed by atoms with E-state index in [4.69, 9.17) is 28.4 Å². The highest BCUT2D eigenvalue weighted by molar-refractivity contribution is 7.92. The number of hydrogen-bond acceptors (Lipinski definition) is 15. The number of ether oxygens (including phenoxy) is 6. The van der Waals surface area contributed by atoms with Crippen molar-refractivity contribution in [2.24, 2.45) is 5.41 Å². The number of amides is 4. The molecule has 5 aromatic rings. The standard InChI is InChI=1S/C59H79FN8O12S/c1-37(67(11)56(72)80-58(5,6)7)53(69)64-51(57(2,3)4)55(71)68-36-41(32-48(68)54(70)62-35-39-17-14-16-38-15-12-13-18-42(38)39)78-29-27-76-25-23-75-24-26-77-28-30-79-49-34-47-43(33-50(49)81(73,74)59(8,9)10)45(21-22-61-47)63-52-44-31-40(60)19-20-46(44)65-66-52/h12-13,15,18-22,31,33-35,37,41,48,51H,14,16-17,23-30,32,36H2,1-11H3,(H,62,70)(H,64,69)(H2,61,63,65,66)/b39-35+/t37-,41-,48-,51+/m0/s1. The Kier molecular flexibility index (Phi) is 20.2. The van der Waals surface area contributed by atoms with Crippen LogP contribution in [0.25, 0.3) is 27.4 Å². The lowest BCUT2D eigenvalue weighted by Crippen LogP contribution is -2.60. The summed E-state index contributed by atoms with van der Waals surface area (Å²) < 4.78 is 75.8. The molecule has 0 radical (unpaired) electrons. The molecule has 3 heterocycles. The Hall–Kier alpha value is -6.72. The molecule has 0 saturated carbocycles. The number of anilines is 2. The molecular formula is C59H79FN8O12S. The van der Waals surface area contributed by atoms with Crippen LogP contribution in [0.2, 0.25) is 0 Å². The van der Waals surface area contributed by atoms with Crippen molar-refractivity contribution in [1.29, 1.82) is 0 Å². The molecule has 440 valence electrons. The summed E-state index contributed by atoms with van der Waals surface area (Å²) in [6.45, 7) is 18.7. The highest BCUT2D eigenvalue weighted by Gasteiger charge is 2.46. The number of likely N-dealkylation sites (tertiary alicyclic amines) is 1. The monoisotopic (exact) mass is 1140 g/mol. The second kappa shape index (κ2) is 26.5. The van der Waals surface area contributed by atoms with Crippen molar-refractivity contribution in [3.05, 3.63) is 90.0 Å². The van der Waals surface area contributed by atoms with Crippen LogP contribution in [0.4, 0.5) is 20.7 Å². The van der Waals surface area contributed by atoms with Gasteiger partial charge in [-0.2, -0.15) is 5.10 Å². The van der Waals surface area contributed by atoms with Gasteiger partial charge in [-0.15, -0.1) is 0 Å². The molecule has 0 spiro atoms. The number of fused-ring (bicyclic) bond motifs is 3. The topological polar surface area (TPSA) is 242 Å². The van der Waals surface area contributed by atoms with E-state index in [0.717, 1.165) is 30.4 Å². The molecule has 3 aromatic carbocycles. The number of H-pyrrole nitrogens is 1. The van der Waals surface area contributed by atoms with Crippen LogP contribution in [-0.2, 0) is 54.3 Å². The van der Waals surface area contributed by atoms with Crippen molar-refractivity contribution in [1.82, 2.24) is 35.6 Å². The number of benzene rings is 3. The summed E-state index contributed by atoms with van der Waals surface area (Å²) in [5, 5.41) is 17.3. The van der Waals surface area contributed by atoms with Crippen molar-refractivity contribution < 1.29 is 60.4 Å². The molecule has 2 aliphatic rings. The van der Waals surface area contributed by atoms with E-state index in [-0.39, 0.29) is 82.4 Å². The van der Waals surface area contributed by atoms with Gasteiger partial charge in [-0.1, -0.05) is 45.0 Å². The van der Waals surface area contributed by atoms with E-state index >= 15 is 0 Å². The SMILES string of the molecule is C[C@@H](C(=O)N[C@H](C(=O)N1C[C@@H](OCCOCCOCCOCCOc2cc3nccc(Nc4n[nH]c5ccc(F)cc45)c3cc2S(=O)(=O)C(C)(C)C)C[C@H]1C(=O)N/C=C1\CCCc2ccccc21)C(C)(C)C)N(C)C(=O)OC(C)(C)C. The zero-order valence-corrected chi connectivity index (χ0v) is 49.2. The van der Waals surface area contributed by atoms with Gasteiger partial charge in [0.05, 0.1) is 73.8 Å². The summed E-state index contributed by atoms with van der Waals surface area (Å²) in [5.74, 6) is -1.32. The van der Waals surface area contributed by atoms with Gasteiger partial charge in [0.2, 0.25) is 17.7 Å². The first-order chi connectivity index (χ1) is 38.2. The molecule has 7 rings (SSSR count). The van der Waals surface area contributed by atoms with E-state index in [1.165, 1.54) is 40.6 Å². The molecule has 1 aliphatic carbocycles. The fraction of sp³-hybridized carbons (Fsp3) is 0.525. The Morgan fingerprint density at radius 1 is 0.864 bits per heavy atom. The van der Waals surface area contributed by atoms with Crippen molar-refractivity contribution in [2.75, 3.05) is 71.8 Å². The van der Waals surface area contributed by atoms with Crippen molar-refractivity contribution in [3.8, 4) is 5.75 Å². The third-order valence-electron chi connectivity index (χ3n) is 14.0. The van der Waals surface area contributed by atoms with Gasteiger partial charge in [0, 0.05) is 49.2 Å². The first kappa shape index (κ1) is 61.9. The minimum absolute atomic E-state index is 0.0162. The number of aromatic nitrogens is 3. The van der Waals surface area contributed by atoms with E-state index in [9.17, 15) is 32.0 Å². The molecular weight excluding hydrogens is 1060 g/mol. The summed E-state index contributed by atoms with van der Waals surface area (Å²) >= 11 is 0. The van der Waals surface area contributed by atoms with Crippen LogP contribution in [0, 0.1) is 11.2 Å². The van der Waals surface area contributed by atoms with Crippen LogP contribution >= 0.6 is 0 Å². The molecule has 4 N–H and O–H groups in total. The fourth-order valence-corrected chi connectivity index (χ4v) is 10.7. The number of halogens is 1. The number of carbonyl (C=O) groups is 4. The highest BCUT2D eigenvalue weighted by Crippen LogP contribution is 2.39. The van der Waals surface area contributed by atoms with E-state index in [2.05, 4.69) is 37.2 Å². The number of aryl methyl sites for hydroxylation is 1. The quantitative estimate of drug-likeness (QED) is 0.0450. The maximum atomic E-state index is 14.7. The molecule has 4 atom stereocenters. The lowest BCUT2D eigenvalue weighted by atomic mass is 9.85. The van der Waals surface area contributed by atoms with Crippen molar-refractivity contribution >= 4 is 72.5 Å². The van der Waals surface area contributed by atoms with Gasteiger partial charge < -0.3 is 49.3 Å². The number of nitrogens with one attached hydrogen (secondary N) is 4. The zero-order chi connectivity index (χ0) is 58.9. The lowest BCUT2D eigenvalue weighted by molar-refractivity contribution is -0.144. The second-order valence-corrected chi connectivity index (χ2v) is 26.0. The molecule has 20 nitrogen and oxygen atoms in total. The minimum atomic E-state index is -3.92. The van der Waals surface area contributed by atoms with Gasteiger partial charge in [-0.25, -0.2) is 17.6 Å². The van der Waals surface area contributed by atoms with Gasteiger partial charge in [-0.05, 0) is 120 Å². The van der Waals surface area contributed by atoms with Crippen LogP contribution in [0.15, 0.2) is 78.0 Å². The predicted molar refractivity (Wildman–Crippen MR) is 306 cm³/mol. The maximum Gasteiger partial charge on any atom is 0.410 e. The van der Waals surface area contributed by atoms with Crippen LogP contribution < -0.4 is 20.7 Å². The van der Waals surface area contributed by atoms with Crippen LogP contribution in [0.1, 0.15) is 99.6 Å². The Morgan fingerprint density at radius 3 is 2.22 bits per heavy atom. The number of aromatic amines is 1. The molecule has 22 heteroatoms. The summed E-state index contributed by atoms with van der Waals surface area (Å²) in [6, 6.07) is 14.2. The summed E-state index contributed by atoms with van der Waals surface area (Å²) in [4.78, 5) is 62.5. The highest BCUT2D eigenvalue weighted by atomic mass is 32.2. The first-order valence-corrected chi connectivity index (χ1v) is 28.9. The molecule has 2 aromatic heterocycles. The molecule has 0 unspecified atom stereocenters. The predicted octanol–water partition coefficient (Wildman–Crippen LogP) is 8.26. The van der Waals surface area contributed by atoms with E-state index in [1.54, 1.807) is 79.1 Å². The Bertz CT molecular complexity index is 3180. The second-order valence-electron chi connectivity index (χ2n) is 23.4. The van der Waals surface area contributed by atoms with Crippen molar-refractivity contribution in [2.45, 2.75) is 134 Å². The lowest BCUT2D eigenvalue weighted by Gasteiger charge is -2.36. The number of pyridine rings is 1.